The number of H-pyrrole nitrogens is 1. The fourth-order valence-electron chi connectivity index (χ4n) is 6.43. The van der Waals surface area contributed by atoms with Crippen LogP contribution in [0.5, 0.6) is 0 Å². The van der Waals surface area contributed by atoms with E-state index in [9.17, 15) is 18.0 Å². The Labute approximate surface area is 251 Å². The average Bonchev–Trinajstić information content (AvgIpc) is 3.58. The second-order valence-corrected chi connectivity index (χ2v) is 14.7. The number of nitrogens with one attached hydrogen (secondary N) is 2. The number of nitrogens with two attached hydrogens (primary N) is 1. The van der Waals surface area contributed by atoms with Gasteiger partial charge in [-0.2, -0.15) is 0 Å². The van der Waals surface area contributed by atoms with Gasteiger partial charge in [-0.05, 0) is 56.4 Å². The molecule has 2 amide bonds. The number of aromatic nitrogens is 1. The largest absolute Gasteiger partial charge is 0.361 e. The van der Waals surface area contributed by atoms with Gasteiger partial charge in [0.1, 0.15) is 11.4 Å². The molecule has 10 heteroatoms. The molecule has 0 radical (unpaired) electrons. The van der Waals surface area contributed by atoms with Crippen molar-refractivity contribution in [3.63, 3.8) is 0 Å². The van der Waals surface area contributed by atoms with E-state index in [2.05, 4.69) is 15.3 Å². The van der Waals surface area contributed by atoms with Crippen LogP contribution in [0.4, 0.5) is 5.69 Å². The van der Waals surface area contributed by atoms with E-state index in [-0.39, 0.29) is 19.4 Å². The Hall–Kier alpha value is -4.02. The average molecular weight is 600 g/mol. The molecule has 2 aromatic carbocycles. The number of likely N-dealkylation sites (tertiary alicyclic amines) is 1. The summed E-state index contributed by atoms with van der Waals surface area (Å²) < 4.78 is 28.7. The summed E-state index contributed by atoms with van der Waals surface area (Å²) in [6.07, 6.45) is 12.0. The van der Waals surface area contributed by atoms with Gasteiger partial charge in [0, 0.05) is 41.7 Å². The fourth-order valence-corrected chi connectivity index (χ4v) is 8.62. The quantitative estimate of drug-likeness (QED) is 0.379. The minimum atomic E-state index is -3.87. The molecule has 2 aliphatic heterocycles. The van der Waals surface area contributed by atoms with Crippen LogP contribution in [0.1, 0.15) is 44.2 Å². The third kappa shape index (κ3) is 5.34. The molecule has 4 N–H and O–H groups in total. The molecule has 224 valence electrons. The van der Waals surface area contributed by atoms with Crippen LogP contribution in [0.25, 0.3) is 10.9 Å². The second-order valence-electron chi connectivity index (χ2n) is 12.4. The van der Waals surface area contributed by atoms with Crippen LogP contribution in [0.15, 0.2) is 84.0 Å². The second kappa shape index (κ2) is 10.9. The van der Waals surface area contributed by atoms with E-state index in [0.29, 0.717) is 12.8 Å². The molecule has 9 nitrogen and oxygen atoms in total. The van der Waals surface area contributed by atoms with Crippen LogP contribution >= 0.6 is 0 Å². The van der Waals surface area contributed by atoms with Crippen LogP contribution in [-0.2, 0) is 31.3 Å². The number of rotatable bonds is 7. The number of aliphatic imine (C=N–C) groups is 1. The maximum Gasteiger partial charge on any atom is 0.246 e. The van der Waals surface area contributed by atoms with Gasteiger partial charge in [-0.25, -0.2) is 8.42 Å². The third-order valence-corrected chi connectivity index (χ3v) is 11.3. The number of allylic oxidation sites excluding steroid dienone is 3. The molecule has 43 heavy (non-hydrogen) atoms. The smallest absolute Gasteiger partial charge is 0.246 e. The molecule has 3 heterocycles. The number of aromatic amines is 1. The molecule has 1 aliphatic carbocycles. The van der Waals surface area contributed by atoms with E-state index < -0.39 is 49.3 Å². The van der Waals surface area contributed by atoms with E-state index in [1.165, 1.54) is 4.90 Å². The van der Waals surface area contributed by atoms with E-state index in [4.69, 9.17) is 5.73 Å². The molecule has 3 aromatic rings. The van der Waals surface area contributed by atoms with Crippen molar-refractivity contribution in [1.82, 2.24) is 15.2 Å². The van der Waals surface area contributed by atoms with Gasteiger partial charge in [-0.3, -0.25) is 14.6 Å². The Balaban J connectivity index is 1.38. The highest BCUT2D eigenvalue weighted by Crippen LogP contribution is 2.47. The number of carbonyl (C=O) groups excluding carboxylic acids is 2. The Morgan fingerprint density at radius 1 is 1.16 bits per heavy atom. The highest BCUT2D eigenvalue weighted by molar-refractivity contribution is 7.92. The first-order chi connectivity index (χ1) is 20.5. The van der Waals surface area contributed by atoms with E-state index >= 15 is 0 Å². The van der Waals surface area contributed by atoms with Gasteiger partial charge in [-0.15, -0.1) is 0 Å². The first-order valence-electron chi connectivity index (χ1n) is 14.7. The van der Waals surface area contributed by atoms with Crippen LogP contribution < -0.4 is 11.1 Å². The summed E-state index contributed by atoms with van der Waals surface area (Å²) in [7, 11) is -3.87. The summed E-state index contributed by atoms with van der Waals surface area (Å²) in [5, 5.41) is 1.93. The number of hydrogen-bond acceptors (Lipinski definition) is 6. The number of amides is 2. The summed E-state index contributed by atoms with van der Waals surface area (Å²) in [5.74, 6) is -0.930. The number of benzene rings is 2. The molecule has 1 saturated heterocycles. The zero-order valence-electron chi connectivity index (χ0n) is 24.4. The van der Waals surface area contributed by atoms with Crippen molar-refractivity contribution >= 4 is 44.5 Å². The summed E-state index contributed by atoms with van der Waals surface area (Å²) in [6.45, 7) is 3.35. The lowest BCUT2D eigenvalue weighted by atomic mass is 9.74. The zero-order valence-corrected chi connectivity index (χ0v) is 25.2. The van der Waals surface area contributed by atoms with Crippen molar-refractivity contribution in [3.05, 3.63) is 90.2 Å². The normalized spacial score (nSPS) is 23.9. The van der Waals surface area contributed by atoms with Gasteiger partial charge < -0.3 is 20.9 Å². The number of sulfone groups is 1. The molecule has 0 saturated carbocycles. The van der Waals surface area contributed by atoms with Gasteiger partial charge in [-0.1, -0.05) is 60.7 Å². The van der Waals surface area contributed by atoms with Crippen molar-refractivity contribution < 1.29 is 18.0 Å². The molecule has 3 unspecified atom stereocenters. The molecule has 1 aromatic heterocycles. The summed E-state index contributed by atoms with van der Waals surface area (Å²) >= 11 is 0. The Morgan fingerprint density at radius 2 is 1.93 bits per heavy atom. The van der Waals surface area contributed by atoms with Crippen molar-refractivity contribution in [2.24, 2.45) is 10.7 Å². The Morgan fingerprint density at radius 3 is 2.70 bits per heavy atom. The number of para-hydroxylation sites is 2. The molecular weight excluding hydrogens is 562 g/mol. The predicted molar refractivity (Wildman–Crippen MR) is 169 cm³/mol. The van der Waals surface area contributed by atoms with Crippen LogP contribution in [0, 0.1) is 0 Å². The SMILES string of the molecule is CC(C)(N)C(=O)N[C@H](Cc1c[nH]c2ccccc12)C(=O)N1CCC2(C=Nc3ccccc32)CC1S(=O)(=O)C1C=CC=CC1. The van der Waals surface area contributed by atoms with E-state index in [1.54, 1.807) is 26.0 Å². The molecule has 4 atom stereocenters. The molecule has 3 aliphatic rings. The van der Waals surface area contributed by atoms with Gasteiger partial charge in [0.05, 0.1) is 16.5 Å². The van der Waals surface area contributed by atoms with Gasteiger partial charge in [0.25, 0.3) is 0 Å². The van der Waals surface area contributed by atoms with Gasteiger partial charge in [0.2, 0.25) is 11.8 Å². The lowest BCUT2D eigenvalue weighted by molar-refractivity contribution is -0.139. The lowest BCUT2D eigenvalue weighted by Crippen LogP contribution is -2.62. The lowest BCUT2D eigenvalue weighted by Gasteiger charge is -2.45. The topological polar surface area (TPSA) is 138 Å². The Bertz CT molecular complexity index is 1770. The molecular formula is C33H37N5O4S. The molecule has 1 spiro atoms. The fraction of sp³-hybridized carbons (Fsp3) is 0.364. The van der Waals surface area contributed by atoms with Gasteiger partial charge in [0.15, 0.2) is 9.84 Å². The monoisotopic (exact) mass is 599 g/mol. The first kappa shape index (κ1) is 29.1. The van der Waals surface area contributed by atoms with Gasteiger partial charge >= 0.3 is 0 Å². The van der Waals surface area contributed by atoms with Crippen molar-refractivity contribution in [3.8, 4) is 0 Å². The number of fused-ring (bicyclic) bond motifs is 3. The highest BCUT2D eigenvalue weighted by Gasteiger charge is 2.51. The summed E-state index contributed by atoms with van der Waals surface area (Å²) in [4.78, 5) is 37.0. The number of hydrogen-bond donors (Lipinski definition) is 3. The van der Waals surface area contributed by atoms with Crippen molar-refractivity contribution in [2.45, 2.75) is 67.2 Å². The molecule has 6 rings (SSSR count). The highest BCUT2D eigenvalue weighted by atomic mass is 32.2. The van der Waals surface area contributed by atoms with E-state index in [0.717, 1.165) is 27.7 Å². The Kier molecular flexibility index (Phi) is 7.38. The van der Waals surface area contributed by atoms with Crippen LogP contribution in [0.2, 0.25) is 0 Å². The molecule has 1 fully saturated rings. The minimum absolute atomic E-state index is 0.176. The summed E-state index contributed by atoms with van der Waals surface area (Å²) in [5.41, 5.74) is 7.84. The van der Waals surface area contributed by atoms with E-state index in [1.807, 2.05) is 73.1 Å². The van der Waals surface area contributed by atoms with Crippen molar-refractivity contribution in [1.29, 1.82) is 0 Å². The number of nitrogens with zero attached hydrogens (tertiary/aromatic N) is 2. The standard InChI is InChI=1S/C33H37N5O4S/c1-32(2,34)31(40)37-28(18-22-20-35-26-14-8-6-12-24(22)26)30(39)38-17-16-33(21-36-27-15-9-7-13-25(27)33)19-29(38)43(41,42)23-10-4-3-5-11-23/h3-10,12-15,20-21,23,28-29,35H,11,16-19,34H2,1-2H3,(H,37,40)/t23?,28-,29?,33?/m1/s1. The number of carbonyl (C=O) groups is 2. The van der Waals surface area contributed by atoms with Crippen molar-refractivity contribution in [2.75, 3.05) is 6.54 Å². The third-order valence-electron chi connectivity index (χ3n) is 8.89. The minimum Gasteiger partial charge on any atom is -0.361 e. The van der Waals surface area contributed by atoms with Crippen LogP contribution in [-0.4, -0.2) is 65.1 Å². The summed E-state index contributed by atoms with van der Waals surface area (Å²) in [6, 6.07) is 14.5. The predicted octanol–water partition coefficient (Wildman–Crippen LogP) is 3.83. The number of piperidine rings is 1. The maximum atomic E-state index is 14.5. The zero-order chi connectivity index (χ0) is 30.4. The molecule has 0 bridgehead atoms. The van der Waals surface area contributed by atoms with Crippen LogP contribution in [0.3, 0.4) is 0 Å². The maximum absolute atomic E-state index is 14.5. The first-order valence-corrected chi connectivity index (χ1v) is 16.3.